The van der Waals surface area contributed by atoms with E-state index in [9.17, 15) is 9.18 Å². The van der Waals surface area contributed by atoms with Crippen molar-refractivity contribution in [2.45, 2.75) is 19.5 Å². The minimum absolute atomic E-state index is 0.0302. The van der Waals surface area contributed by atoms with Crippen LogP contribution in [0.2, 0.25) is 0 Å². The average molecular weight is 426 g/mol. The molecule has 1 unspecified atom stereocenters. The molecule has 1 atom stereocenters. The molecule has 1 aliphatic heterocycles. The van der Waals surface area contributed by atoms with Crippen LogP contribution in [-0.2, 0) is 18.5 Å². The number of rotatable bonds is 5. The van der Waals surface area contributed by atoms with Gasteiger partial charge in [-0.05, 0) is 55.9 Å². The highest BCUT2D eigenvalue weighted by Gasteiger charge is 2.26. The molecular weight excluding hydrogens is 401 g/mol. The number of halogens is 1. The van der Waals surface area contributed by atoms with E-state index in [0.717, 1.165) is 25.1 Å². The predicted octanol–water partition coefficient (Wildman–Crippen LogP) is 4.07. The molecule has 0 spiro atoms. The maximum atomic E-state index is 14.2. The molecule has 2 heterocycles. The minimum Gasteiger partial charge on any atom is -0.326 e. The van der Waals surface area contributed by atoms with Crippen molar-refractivity contribution in [1.82, 2.24) is 19.2 Å². The summed E-state index contributed by atoms with van der Waals surface area (Å²) in [4.78, 5) is 14.9. The van der Waals surface area contributed by atoms with Crippen molar-refractivity contribution >= 4 is 23.8 Å². The third kappa shape index (κ3) is 4.34. The average Bonchev–Trinajstić information content (AvgIpc) is 3.03. The summed E-state index contributed by atoms with van der Waals surface area (Å²) in [7, 11) is 1.79. The largest absolute Gasteiger partial charge is 0.326 e. The molecule has 30 heavy (non-hydrogen) atoms. The molecule has 156 valence electrons. The molecule has 4 rings (SSSR count). The lowest BCUT2D eigenvalue weighted by atomic mass is 9.97. The fraction of sp³-hybridized carbons (Fsp3) is 0.318. The molecule has 1 saturated heterocycles. The van der Waals surface area contributed by atoms with Crippen molar-refractivity contribution in [2.75, 3.05) is 18.4 Å². The van der Waals surface area contributed by atoms with Crippen LogP contribution < -0.4 is 5.32 Å². The Morgan fingerprint density at radius 1 is 1.20 bits per heavy atom. The lowest BCUT2D eigenvalue weighted by molar-refractivity contribution is -0.121. The van der Waals surface area contributed by atoms with E-state index < -0.39 is 0 Å². The number of piperidine rings is 1. The van der Waals surface area contributed by atoms with Gasteiger partial charge in [0.05, 0.1) is 18.2 Å². The molecule has 0 saturated carbocycles. The van der Waals surface area contributed by atoms with E-state index in [1.54, 1.807) is 34.5 Å². The zero-order valence-electron chi connectivity index (χ0n) is 16.8. The molecule has 2 aromatic carbocycles. The van der Waals surface area contributed by atoms with E-state index in [0.29, 0.717) is 29.4 Å². The molecule has 1 N–H and O–H groups in total. The first-order valence-corrected chi connectivity index (χ1v) is 10.4. The quantitative estimate of drug-likeness (QED) is 0.627. The number of anilines is 1. The molecule has 3 aromatic rings. The molecule has 1 aliphatic rings. The van der Waals surface area contributed by atoms with Gasteiger partial charge in [0, 0.05) is 19.3 Å². The van der Waals surface area contributed by atoms with Gasteiger partial charge in [-0.25, -0.2) is 9.07 Å². The van der Waals surface area contributed by atoms with Crippen LogP contribution in [0.4, 0.5) is 10.1 Å². The first kappa shape index (κ1) is 20.4. The molecular formula is C22H24FN5OS. The van der Waals surface area contributed by atoms with Crippen LogP contribution in [0.15, 0.2) is 54.6 Å². The Bertz CT molecular complexity index is 1090. The molecule has 8 heteroatoms. The molecule has 1 aromatic heterocycles. The summed E-state index contributed by atoms with van der Waals surface area (Å²) in [6.07, 6.45) is 1.77. The van der Waals surface area contributed by atoms with Gasteiger partial charge in [0.15, 0.2) is 10.6 Å². The molecule has 0 bridgehead atoms. The Balaban J connectivity index is 1.47. The van der Waals surface area contributed by atoms with Crippen LogP contribution >= 0.6 is 12.2 Å². The van der Waals surface area contributed by atoms with Crippen LogP contribution in [-0.4, -0.2) is 38.2 Å². The second-order valence-electron chi connectivity index (χ2n) is 7.56. The number of para-hydroxylation sites is 1. The Morgan fingerprint density at radius 3 is 2.70 bits per heavy atom. The number of hydrogen-bond acceptors (Lipinski definition) is 4. The highest BCUT2D eigenvalue weighted by molar-refractivity contribution is 7.71. The smallest absolute Gasteiger partial charge is 0.228 e. The standard InChI is InChI=1S/C22H24FN5OS/c1-26-20(18-11-5-6-12-19(18)23)25-28(22(26)30)15-27-13-7-8-16(14-27)21(29)24-17-9-3-2-4-10-17/h2-6,9-12,16H,7-8,13-15H2,1H3,(H,24,29). The van der Waals surface area contributed by atoms with E-state index in [1.165, 1.54) is 6.07 Å². The van der Waals surface area contributed by atoms with Crippen molar-refractivity contribution in [3.05, 3.63) is 65.2 Å². The molecule has 0 aliphatic carbocycles. The third-order valence-electron chi connectivity index (χ3n) is 5.41. The zero-order valence-corrected chi connectivity index (χ0v) is 17.6. The Labute approximate surface area is 179 Å². The van der Waals surface area contributed by atoms with Crippen molar-refractivity contribution < 1.29 is 9.18 Å². The third-order valence-corrected chi connectivity index (χ3v) is 5.89. The Hall–Kier alpha value is -2.84. The number of amides is 1. The zero-order chi connectivity index (χ0) is 21.1. The number of hydrogen-bond donors (Lipinski definition) is 1. The molecule has 6 nitrogen and oxygen atoms in total. The van der Waals surface area contributed by atoms with E-state index in [4.69, 9.17) is 12.2 Å². The topological polar surface area (TPSA) is 55.1 Å². The monoisotopic (exact) mass is 425 g/mol. The predicted molar refractivity (Wildman–Crippen MR) is 117 cm³/mol. The van der Waals surface area contributed by atoms with Crippen LogP contribution in [0.25, 0.3) is 11.4 Å². The maximum absolute atomic E-state index is 14.2. The van der Waals surface area contributed by atoms with Gasteiger partial charge >= 0.3 is 0 Å². The van der Waals surface area contributed by atoms with Crippen molar-refractivity contribution in [3.63, 3.8) is 0 Å². The van der Waals surface area contributed by atoms with E-state index in [-0.39, 0.29) is 17.6 Å². The van der Waals surface area contributed by atoms with E-state index in [1.807, 2.05) is 30.3 Å². The van der Waals surface area contributed by atoms with Crippen molar-refractivity contribution in [2.24, 2.45) is 13.0 Å². The SMILES string of the molecule is Cn1c(-c2ccccc2F)nn(CN2CCCC(C(=O)Nc3ccccc3)C2)c1=S. The highest BCUT2D eigenvalue weighted by atomic mass is 32.1. The lowest BCUT2D eigenvalue weighted by Gasteiger charge is -2.31. The Kier molecular flexibility index (Phi) is 6.06. The van der Waals surface area contributed by atoms with Crippen molar-refractivity contribution in [1.29, 1.82) is 0 Å². The van der Waals surface area contributed by atoms with Gasteiger partial charge < -0.3 is 9.88 Å². The second-order valence-corrected chi connectivity index (χ2v) is 7.92. The second kappa shape index (κ2) is 8.89. The maximum Gasteiger partial charge on any atom is 0.228 e. The number of benzene rings is 2. The minimum atomic E-state index is -0.330. The molecule has 0 radical (unpaired) electrons. The van der Waals surface area contributed by atoms with Crippen LogP contribution in [0.5, 0.6) is 0 Å². The van der Waals surface area contributed by atoms with Crippen LogP contribution in [0.3, 0.4) is 0 Å². The summed E-state index contributed by atoms with van der Waals surface area (Å²) in [6.45, 7) is 1.96. The Morgan fingerprint density at radius 2 is 1.93 bits per heavy atom. The molecule has 1 fully saturated rings. The van der Waals surface area contributed by atoms with Gasteiger partial charge in [0.25, 0.3) is 0 Å². The number of aromatic nitrogens is 3. The van der Waals surface area contributed by atoms with Gasteiger partial charge in [-0.15, -0.1) is 0 Å². The number of nitrogens with zero attached hydrogens (tertiary/aromatic N) is 4. The summed E-state index contributed by atoms with van der Waals surface area (Å²) >= 11 is 5.53. The normalized spacial score (nSPS) is 17.1. The lowest BCUT2D eigenvalue weighted by Crippen LogP contribution is -2.41. The summed E-state index contributed by atoms with van der Waals surface area (Å²) in [5.41, 5.74) is 1.23. The summed E-state index contributed by atoms with van der Waals surface area (Å²) in [5.74, 6) is 0.0993. The number of nitrogens with one attached hydrogen (secondary N) is 1. The van der Waals surface area contributed by atoms with Gasteiger partial charge in [-0.2, -0.15) is 5.10 Å². The fourth-order valence-electron chi connectivity index (χ4n) is 3.81. The van der Waals surface area contributed by atoms with E-state index >= 15 is 0 Å². The highest BCUT2D eigenvalue weighted by Crippen LogP contribution is 2.22. The number of carbonyl (C=O) groups is 1. The van der Waals surface area contributed by atoms with Gasteiger partial charge in [0.2, 0.25) is 5.91 Å². The van der Waals surface area contributed by atoms with Gasteiger partial charge in [-0.1, -0.05) is 30.3 Å². The van der Waals surface area contributed by atoms with Crippen molar-refractivity contribution in [3.8, 4) is 11.4 Å². The fourth-order valence-corrected chi connectivity index (χ4v) is 4.00. The summed E-state index contributed by atoms with van der Waals surface area (Å²) in [6, 6.07) is 16.0. The van der Waals surface area contributed by atoms with E-state index in [2.05, 4.69) is 15.3 Å². The molecule has 1 amide bonds. The van der Waals surface area contributed by atoms with Crippen LogP contribution in [0, 0.1) is 16.5 Å². The number of carbonyl (C=O) groups excluding carboxylic acids is 1. The summed E-state index contributed by atoms with van der Waals surface area (Å²) < 4.78 is 18.2. The van der Waals surface area contributed by atoms with Crippen LogP contribution in [0.1, 0.15) is 12.8 Å². The van der Waals surface area contributed by atoms with Gasteiger partial charge in [0.1, 0.15) is 5.82 Å². The van der Waals surface area contributed by atoms with Gasteiger partial charge in [-0.3, -0.25) is 9.69 Å². The summed E-state index contributed by atoms with van der Waals surface area (Å²) in [5, 5.41) is 7.56. The first-order valence-electron chi connectivity index (χ1n) is 10.00. The number of likely N-dealkylation sites (tertiary alicyclic amines) is 1. The first-order chi connectivity index (χ1) is 14.5.